The predicted octanol–water partition coefficient (Wildman–Crippen LogP) is 1.54. The number of hydrogen-bond donors (Lipinski definition) is 1. The van der Waals surface area contributed by atoms with Crippen LogP contribution in [0.3, 0.4) is 0 Å². The van der Waals surface area contributed by atoms with E-state index in [-0.39, 0.29) is 6.04 Å². The van der Waals surface area contributed by atoms with Crippen LogP contribution in [0.25, 0.3) is 0 Å². The molecule has 0 bridgehead atoms. The van der Waals surface area contributed by atoms with Gasteiger partial charge in [-0.15, -0.1) is 0 Å². The van der Waals surface area contributed by atoms with Gasteiger partial charge in [0, 0.05) is 26.2 Å². The van der Waals surface area contributed by atoms with Crippen molar-refractivity contribution in [2.75, 3.05) is 55.1 Å². The third-order valence-electron chi connectivity index (χ3n) is 3.33. The Morgan fingerprint density at radius 3 is 2.40 bits per heavy atom. The molecule has 1 aromatic carbocycles. The highest BCUT2D eigenvalue weighted by Gasteiger charge is 2.14. The third kappa shape index (κ3) is 4.67. The fraction of sp³-hybridized carbons (Fsp3) is 0.600. The molecule has 0 saturated heterocycles. The van der Waals surface area contributed by atoms with E-state index in [9.17, 15) is 0 Å². The van der Waals surface area contributed by atoms with Crippen LogP contribution in [0, 0.1) is 0 Å². The van der Waals surface area contributed by atoms with Gasteiger partial charge in [0.1, 0.15) is 0 Å². The second kappa shape index (κ2) is 8.79. The van der Waals surface area contributed by atoms with E-state index in [4.69, 9.17) is 14.2 Å². The monoisotopic (exact) mass is 282 g/mol. The van der Waals surface area contributed by atoms with Crippen molar-refractivity contribution in [1.29, 1.82) is 0 Å². The summed E-state index contributed by atoms with van der Waals surface area (Å²) in [6.07, 6.45) is 0. The minimum absolute atomic E-state index is 0.233. The Kier molecular flexibility index (Phi) is 7.36. The molecule has 0 saturated carbocycles. The summed E-state index contributed by atoms with van der Waals surface area (Å²) in [6, 6.07) is 6.25. The summed E-state index contributed by atoms with van der Waals surface area (Å²) in [5.41, 5.74) is 1.18. The lowest BCUT2D eigenvalue weighted by Crippen LogP contribution is -2.33. The maximum Gasteiger partial charge on any atom is 0.161 e. The van der Waals surface area contributed by atoms with Crippen LogP contribution in [0.4, 0.5) is 0 Å². The fourth-order valence-corrected chi connectivity index (χ4v) is 2.08. The SMILES string of the molecule is CNC(CN(C)CCOC)c1ccc(OC)c(OC)c1. The molecule has 0 fully saturated rings. The molecule has 114 valence electrons. The van der Waals surface area contributed by atoms with Crippen LogP contribution in [0.1, 0.15) is 11.6 Å². The van der Waals surface area contributed by atoms with Crippen molar-refractivity contribution in [3.63, 3.8) is 0 Å². The molecule has 1 atom stereocenters. The van der Waals surface area contributed by atoms with E-state index in [0.717, 1.165) is 31.2 Å². The van der Waals surface area contributed by atoms with Crippen LogP contribution in [-0.2, 0) is 4.74 Å². The largest absolute Gasteiger partial charge is 0.493 e. The van der Waals surface area contributed by atoms with E-state index in [1.165, 1.54) is 5.56 Å². The van der Waals surface area contributed by atoms with Crippen molar-refractivity contribution in [2.24, 2.45) is 0 Å². The van der Waals surface area contributed by atoms with Crippen molar-refractivity contribution in [3.8, 4) is 11.5 Å². The molecule has 0 aliphatic rings. The first-order valence-corrected chi connectivity index (χ1v) is 6.72. The van der Waals surface area contributed by atoms with Gasteiger partial charge in [-0.2, -0.15) is 0 Å². The summed E-state index contributed by atoms with van der Waals surface area (Å²) in [4.78, 5) is 2.24. The van der Waals surface area contributed by atoms with Crippen molar-refractivity contribution in [1.82, 2.24) is 10.2 Å². The van der Waals surface area contributed by atoms with Crippen molar-refractivity contribution >= 4 is 0 Å². The molecule has 5 nitrogen and oxygen atoms in total. The number of benzene rings is 1. The predicted molar refractivity (Wildman–Crippen MR) is 80.7 cm³/mol. The van der Waals surface area contributed by atoms with Crippen LogP contribution in [0.2, 0.25) is 0 Å². The molecule has 1 N–H and O–H groups in total. The molecule has 1 unspecified atom stereocenters. The zero-order valence-electron chi connectivity index (χ0n) is 13.1. The van der Waals surface area contributed by atoms with E-state index in [1.807, 2.05) is 19.2 Å². The molecular formula is C15H26N2O3. The topological polar surface area (TPSA) is 43.0 Å². The van der Waals surface area contributed by atoms with Gasteiger partial charge in [0.25, 0.3) is 0 Å². The van der Waals surface area contributed by atoms with Gasteiger partial charge < -0.3 is 24.4 Å². The van der Waals surface area contributed by atoms with E-state index in [2.05, 4.69) is 23.3 Å². The first kappa shape index (κ1) is 16.8. The lowest BCUT2D eigenvalue weighted by molar-refractivity contribution is 0.156. The van der Waals surface area contributed by atoms with Crippen LogP contribution in [-0.4, -0.2) is 60.0 Å². The van der Waals surface area contributed by atoms with Crippen LogP contribution >= 0.6 is 0 Å². The van der Waals surface area contributed by atoms with Gasteiger partial charge in [0.15, 0.2) is 11.5 Å². The van der Waals surface area contributed by atoms with Crippen molar-refractivity contribution in [2.45, 2.75) is 6.04 Å². The van der Waals surface area contributed by atoms with Gasteiger partial charge in [-0.1, -0.05) is 6.07 Å². The summed E-state index contributed by atoms with van der Waals surface area (Å²) >= 11 is 0. The first-order chi connectivity index (χ1) is 9.65. The Labute approximate surface area is 121 Å². The third-order valence-corrected chi connectivity index (χ3v) is 3.33. The molecular weight excluding hydrogens is 256 g/mol. The number of nitrogens with zero attached hydrogens (tertiary/aromatic N) is 1. The maximum atomic E-state index is 5.36. The fourth-order valence-electron chi connectivity index (χ4n) is 2.08. The normalized spacial score (nSPS) is 12.5. The molecule has 0 spiro atoms. The standard InChI is InChI=1S/C15H26N2O3/c1-16-13(11-17(2)8-9-18-3)12-6-7-14(19-4)15(10-12)20-5/h6-7,10,13,16H,8-9,11H2,1-5H3. The zero-order chi connectivity index (χ0) is 15.0. The average molecular weight is 282 g/mol. The molecule has 1 rings (SSSR count). The molecule has 0 aliphatic heterocycles. The Hall–Kier alpha value is -1.30. The number of ether oxygens (including phenoxy) is 3. The van der Waals surface area contributed by atoms with Gasteiger partial charge in [0.05, 0.1) is 20.8 Å². The maximum absolute atomic E-state index is 5.36. The van der Waals surface area contributed by atoms with Crippen LogP contribution in [0.5, 0.6) is 11.5 Å². The average Bonchev–Trinajstić information content (AvgIpc) is 2.49. The number of rotatable bonds is 9. The second-order valence-corrected chi connectivity index (χ2v) is 4.71. The molecule has 0 amide bonds. The minimum atomic E-state index is 0.233. The number of likely N-dealkylation sites (N-methyl/N-ethyl adjacent to an activating group) is 2. The summed E-state index contributed by atoms with van der Waals surface area (Å²) in [6.45, 7) is 2.54. The smallest absolute Gasteiger partial charge is 0.161 e. The van der Waals surface area contributed by atoms with Gasteiger partial charge in [-0.25, -0.2) is 0 Å². The molecule has 0 radical (unpaired) electrons. The highest BCUT2D eigenvalue weighted by Crippen LogP contribution is 2.30. The lowest BCUT2D eigenvalue weighted by atomic mass is 10.1. The highest BCUT2D eigenvalue weighted by atomic mass is 16.5. The second-order valence-electron chi connectivity index (χ2n) is 4.71. The van der Waals surface area contributed by atoms with E-state index >= 15 is 0 Å². The number of methoxy groups -OCH3 is 3. The van der Waals surface area contributed by atoms with Gasteiger partial charge >= 0.3 is 0 Å². The van der Waals surface area contributed by atoms with Gasteiger partial charge in [0.2, 0.25) is 0 Å². The summed E-state index contributed by atoms with van der Waals surface area (Å²) in [5, 5.41) is 3.34. The number of nitrogens with one attached hydrogen (secondary N) is 1. The van der Waals surface area contributed by atoms with Crippen molar-refractivity contribution in [3.05, 3.63) is 23.8 Å². The quantitative estimate of drug-likeness (QED) is 0.744. The Morgan fingerprint density at radius 2 is 1.85 bits per heavy atom. The zero-order valence-corrected chi connectivity index (χ0v) is 13.1. The Bertz CT molecular complexity index is 399. The molecule has 1 aromatic rings. The molecule has 0 heterocycles. The van der Waals surface area contributed by atoms with E-state index in [0.29, 0.717) is 0 Å². The molecule has 0 aliphatic carbocycles. The molecule has 20 heavy (non-hydrogen) atoms. The summed E-state index contributed by atoms with van der Waals surface area (Å²) in [5.74, 6) is 1.50. The van der Waals surface area contributed by atoms with Gasteiger partial charge in [-0.3, -0.25) is 0 Å². The minimum Gasteiger partial charge on any atom is -0.493 e. The molecule has 5 heteroatoms. The van der Waals surface area contributed by atoms with E-state index < -0.39 is 0 Å². The van der Waals surface area contributed by atoms with Gasteiger partial charge in [-0.05, 0) is 31.8 Å². The van der Waals surface area contributed by atoms with Crippen LogP contribution < -0.4 is 14.8 Å². The Morgan fingerprint density at radius 1 is 1.15 bits per heavy atom. The van der Waals surface area contributed by atoms with Crippen LogP contribution in [0.15, 0.2) is 18.2 Å². The number of hydrogen-bond acceptors (Lipinski definition) is 5. The molecule has 0 aromatic heterocycles. The highest BCUT2D eigenvalue weighted by molar-refractivity contribution is 5.43. The lowest BCUT2D eigenvalue weighted by Gasteiger charge is -2.24. The summed E-state index contributed by atoms with van der Waals surface area (Å²) in [7, 11) is 9.07. The Balaban J connectivity index is 2.78. The van der Waals surface area contributed by atoms with Crippen molar-refractivity contribution < 1.29 is 14.2 Å². The van der Waals surface area contributed by atoms with E-state index in [1.54, 1.807) is 21.3 Å². The first-order valence-electron chi connectivity index (χ1n) is 6.72. The summed E-state index contributed by atoms with van der Waals surface area (Å²) < 4.78 is 15.7.